The molecule has 1 heterocycles. The van der Waals surface area contributed by atoms with Crippen LogP contribution in [-0.4, -0.2) is 24.5 Å². The van der Waals surface area contributed by atoms with E-state index in [1.54, 1.807) is 0 Å². The van der Waals surface area contributed by atoms with Crippen LogP contribution in [0.15, 0.2) is 24.3 Å². The van der Waals surface area contributed by atoms with Gasteiger partial charge < -0.3 is 4.74 Å². The fourth-order valence-electron chi connectivity index (χ4n) is 2.37. The Morgan fingerprint density at radius 3 is 2.85 bits per heavy atom. The molecule has 0 spiro atoms. The van der Waals surface area contributed by atoms with Crippen molar-refractivity contribution in [2.45, 2.75) is 38.8 Å². The standard InChI is InChI=1S/C15H20N2O3/c1-3-20-13-7-5-4-6-11(13)10(2)16-12-8-9-14(18)17-15(12)19/h4-7,10,12,16H,3,8-9H2,1-2H3,(H,17,18,19). The molecule has 1 aromatic rings. The van der Waals surface area contributed by atoms with Crippen molar-refractivity contribution in [3.05, 3.63) is 29.8 Å². The van der Waals surface area contributed by atoms with Crippen molar-refractivity contribution in [1.29, 1.82) is 0 Å². The molecule has 5 heteroatoms. The summed E-state index contributed by atoms with van der Waals surface area (Å²) < 4.78 is 5.60. The summed E-state index contributed by atoms with van der Waals surface area (Å²) in [5.41, 5.74) is 1.01. The minimum Gasteiger partial charge on any atom is -0.494 e. The molecular formula is C15H20N2O3. The molecule has 2 atom stereocenters. The summed E-state index contributed by atoms with van der Waals surface area (Å²) in [5, 5.41) is 5.61. The molecule has 108 valence electrons. The topological polar surface area (TPSA) is 67.4 Å². The summed E-state index contributed by atoms with van der Waals surface area (Å²) >= 11 is 0. The third-order valence-electron chi connectivity index (χ3n) is 3.38. The molecule has 0 bridgehead atoms. The number of benzene rings is 1. The summed E-state index contributed by atoms with van der Waals surface area (Å²) in [6.07, 6.45) is 0.912. The van der Waals surface area contributed by atoms with Crippen LogP contribution in [0.1, 0.15) is 38.3 Å². The number of nitrogens with one attached hydrogen (secondary N) is 2. The van der Waals surface area contributed by atoms with Crippen LogP contribution >= 0.6 is 0 Å². The van der Waals surface area contributed by atoms with Crippen molar-refractivity contribution in [3.63, 3.8) is 0 Å². The van der Waals surface area contributed by atoms with E-state index in [9.17, 15) is 9.59 Å². The third-order valence-corrected chi connectivity index (χ3v) is 3.38. The maximum Gasteiger partial charge on any atom is 0.243 e. The monoisotopic (exact) mass is 276 g/mol. The molecule has 5 nitrogen and oxygen atoms in total. The number of rotatable bonds is 5. The number of para-hydroxylation sites is 1. The van der Waals surface area contributed by atoms with Crippen molar-refractivity contribution in [3.8, 4) is 5.75 Å². The predicted octanol–water partition coefficient (Wildman–Crippen LogP) is 1.54. The number of ether oxygens (including phenoxy) is 1. The zero-order valence-corrected chi connectivity index (χ0v) is 11.8. The van der Waals surface area contributed by atoms with Crippen molar-refractivity contribution in [1.82, 2.24) is 10.6 Å². The number of carbonyl (C=O) groups is 2. The fourth-order valence-corrected chi connectivity index (χ4v) is 2.37. The second-order valence-corrected chi connectivity index (χ2v) is 4.86. The second-order valence-electron chi connectivity index (χ2n) is 4.86. The average Bonchev–Trinajstić information content (AvgIpc) is 2.43. The van der Waals surface area contributed by atoms with E-state index < -0.39 is 0 Å². The molecule has 2 N–H and O–H groups in total. The van der Waals surface area contributed by atoms with E-state index in [4.69, 9.17) is 4.74 Å². The number of imide groups is 1. The van der Waals surface area contributed by atoms with Gasteiger partial charge in [-0.3, -0.25) is 20.2 Å². The van der Waals surface area contributed by atoms with Crippen molar-refractivity contribution in [2.75, 3.05) is 6.61 Å². The summed E-state index contributed by atoms with van der Waals surface area (Å²) in [6, 6.07) is 7.41. The Hall–Kier alpha value is -1.88. The van der Waals surface area contributed by atoms with Crippen LogP contribution in [0.5, 0.6) is 5.75 Å². The molecule has 1 aliphatic heterocycles. The van der Waals surface area contributed by atoms with Gasteiger partial charge in [0.25, 0.3) is 0 Å². The van der Waals surface area contributed by atoms with E-state index in [0.717, 1.165) is 11.3 Å². The Kier molecular flexibility index (Phi) is 4.74. The summed E-state index contributed by atoms with van der Waals surface area (Å²) in [6.45, 7) is 4.53. The highest BCUT2D eigenvalue weighted by molar-refractivity contribution is 6.00. The third kappa shape index (κ3) is 3.36. The van der Waals surface area contributed by atoms with E-state index in [1.807, 2.05) is 38.1 Å². The molecule has 2 unspecified atom stereocenters. The molecule has 0 saturated carbocycles. The first kappa shape index (κ1) is 14.5. The second kappa shape index (κ2) is 6.52. The summed E-state index contributed by atoms with van der Waals surface area (Å²) in [5.74, 6) is 0.375. The smallest absolute Gasteiger partial charge is 0.243 e. The van der Waals surface area contributed by atoms with Crippen LogP contribution in [0.2, 0.25) is 0 Å². The SMILES string of the molecule is CCOc1ccccc1C(C)NC1CCC(=O)NC1=O. The molecule has 0 radical (unpaired) electrons. The highest BCUT2D eigenvalue weighted by Crippen LogP contribution is 2.25. The van der Waals surface area contributed by atoms with E-state index in [1.165, 1.54) is 0 Å². The number of hydrogen-bond donors (Lipinski definition) is 2. The fraction of sp³-hybridized carbons (Fsp3) is 0.467. The van der Waals surface area contributed by atoms with E-state index >= 15 is 0 Å². The maximum atomic E-state index is 11.8. The van der Waals surface area contributed by atoms with E-state index in [0.29, 0.717) is 19.4 Å². The van der Waals surface area contributed by atoms with Gasteiger partial charge in [0.15, 0.2) is 0 Å². The quantitative estimate of drug-likeness (QED) is 0.801. The molecule has 2 amide bonds. The minimum absolute atomic E-state index is 0.0262. The van der Waals surface area contributed by atoms with Crippen molar-refractivity contribution >= 4 is 11.8 Å². The molecule has 1 aromatic carbocycles. The molecule has 0 aromatic heterocycles. The first-order valence-electron chi connectivity index (χ1n) is 6.93. The van der Waals surface area contributed by atoms with Crippen molar-refractivity contribution < 1.29 is 14.3 Å². The molecule has 1 fully saturated rings. The van der Waals surface area contributed by atoms with E-state index in [-0.39, 0.29) is 23.9 Å². The van der Waals surface area contributed by atoms with Gasteiger partial charge in [-0.05, 0) is 26.3 Å². The Bertz CT molecular complexity index is 502. The first-order valence-corrected chi connectivity index (χ1v) is 6.93. The lowest BCUT2D eigenvalue weighted by molar-refractivity contribution is -0.134. The number of hydrogen-bond acceptors (Lipinski definition) is 4. The first-order chi connectivity index (χ1) is 9.61. The van der Waals surface area contributed by atoms with Crippen LogP contribution in [0.4, 0.5) is 0 Å². The molecular weight excluding hydrogens is 256 g/mol. The Balaban J connectivity index is 2.06. The summed E-state index contributed by atoms with van der Waals surface area (Å²) in [7, 11) is 0. The number of carbonyl (C=O) groups excluding carboxylic acids is 2. The highest BCUT2D eigenvalue weighted by Gasteiger charge is 2.28. The predicted molar refractivity (Wildman–Crippen MR) is 75.3 cm³/mol. The molecule has 2 rings (SSSR count). The van der Waals surface area contributed by atoms with Crippen LogP contribution in [0, 0.1) is 0 Å². The lowest BCUT2D eigenvalue weighted by atomic mass is 10.0. The lowest BCUT2D eigenvalue weighted by Crippen LogP contribution is -2.51. The summed E-state index contributed by atoms with van der Waals surface area (Å²) in [4.78, 5) is 22.9. The Labute approximate surface area is 118 Å². The largest absolute Gasteiger partial charge is 0.494 e. The number of amides is 2. The zero-order chi connectivity index (χ0) is 14.5. The Morgan fingerprint density at radius 2 is 2.15 bits per heavy atom. The van der Waals surface area contributed by atoms with Gasteiger partial charge in [0, 0.05) is 18.0 Å². The van der Waals surface area contributed by atoms with Gasteiger partial charge in [-0.2, -0.15) is 0 Å². The van der Waals surface area contributed by atoms with Gasteiger partial charge >= 0.3 is 0 Å². The van der Waals surface area contributed by atoms with Crippen LogP contribution in [-0.2, 0) is 9.59 Å². The van der Waals surface area contributed by atoms with Gasteiger partial charge in [-0.25, -0.2) is 0 Å². The van der Waals surface area contributed by atoms with E-state index in [2.05, 4.69) is 10.6 Å². The highest BCUT2D eigenvalue weighted by atomic mass is 16.5. The van der Waals surface area contributed by atoms with Gasteiger partial charge in [0.1, 0.15) is 5.75 Å². The maximum absolute atomic E-state index is 11.8. The van der Waals surface area contributed by atoms with Gasteiger partial charge in [-0.1, -0.05) is 18.2 Å². The normalized spacial score (nSPS) is 20.4. The van der Waals surface area contributed by atoms with Gasteiger partial charge in [0.05, 0.1) is 12.6 Å². The van der Waals surface area contributed by atoms with Crippen LogP contribution < -0.4 is 15.4 Å². The van der Waals surface area contributed by atoms with Crippen LogP contribution in [0.25, 0.3) is 0 Å². The molecule has 1 aliphatic rings. The number of piperidine rings is 1. The Morgan fingerprint density at radius 1 is 1.40 bits per heavy atom. The van der Waals surface area contributed by atoms with Gasteiger partial charge in [-0.15, -0.1) is 0 Å². The molecule has 0 aliphatic carbocycles. The van der Waals surface area contributed by atoms with Crippen LogP contribution in [0.3, 0.4) is 0 Å². The molecule has 20 heavy (non-hydrogen) atoms. The van der Waals surface area contributed by atoms with Crippen molar-refractivity contribution in [2.24, 2.45) is 0 Å². The average molecular weight is 276 g/mol. The minimum atomic E-state index is -0.336. The van der Waals surface area contributed by atoms with Gasteiger partial charge in [0.2, 0.25) is 11.8 Å². The zero-order valence-electron chi connectivity index (χ0n) is 11.8. The lowest BCUT2D eigenvalue weighted by Gasteiger charge is -2.26. The molecule has 1 saturated heterocycles.